The average molecular weight is 430 g/mol. The van der Waals surface area contributed by atoms with Gasteiger partial charge in [-0.15, -0.1) is 0 Å². The Hall–Kier alpha value is -3.64. The molecule has 32 heavy (non-hydrogen) atoms. The fourth-order valence-corrected chi connectivity index (χ4v) is 3.78. The van der Waals surface area contributed by atoms with Crippen LogP contribution in [0, 0.1) is 0 Å². The van der Waals surface area contributed by atoms with Gasteiger partial charge in [0, 0.05) is 24.3 Å². The highest BCUT2D eigenvalue weighted by atomic mass is 16.5. The van der Waals surface area contributed by atoms with E-state index in [0.717, 1.165) is 23.4 Å². The summed E-state index contributed by atoms with van der Waals surface area (Å²) in [6.07, 6.45) is 0. The van der Waals surface area contributed by atoms with Gasteiger partial charge < -0.3 is 19.9 Å². The number of likely N-dealkylation sites (N-methyl/N-ethyl adjacent to an activating group) is 1. The zero-order valence-corrected chi connectivity index (χ0v) is 18.3. The molecule has 0 fully saturated rings. The van der Waals surface area contributed by atoms with Crippen molar-refractivity contribution in [2.24, 2.45) is 0 Å². The van der Waals surface area contributed by atoms with Crippen LogP contribution in [-0.4, -0.2) is 48.9 Å². The fraction of sp³-hybridized carbons (Fsp3) is 0.231. The molecule has 0 aliphatic carbocycles. The van der Waals surface area contributed by atoms with Gasteiger partial charge in [-0.25, -0.2) is 0 Å². The number of nitrogens with zero attached hydrogens (tertiary/aromatic N) is 2. The number of carbonyl (C=O) groups excluding carboxylic acids is 2. The zero-order chi connectivity index (χ0) is 22.5. The molecule has 164 valence electrons. The molecular formula is C26H27N3O3. The van der Waals surface area contributed by atoms with Crippen molar-refractivity contribution in [1.82, 2.24) is 9.80 Å². The number of rotatable bonds is 8. The SMILES string of the molecule is CN(C)CCOc1ccc(NC(=O)C(c2ccccc2)N2Cc3ccccc3C2=O)cc1. The van der Waals surface area contributed by atoms with E-state index in [2.05, 4.69) is 10.2 Å². The number of fused-ring (bicyclic) bond motifs is 1. The quantitative estimate of drug-likeness (QED) is 0.589. The number of ether oxygens (including phenoxy) is 1. The van der Waals surface area contributed by atoms with Crippen molar-refractivity contribution in [3.8, 4) is 5.75 Å². The van der Waals surface area contributed by atoms with Crippen LogP contribution in [0.4, 0.5) is 5.69 Å². The second-order valence-electron chi connectivity index (χ2n) is 8.07. The van der Waals surface area contributed by atoms with E-state index in [1.807, 2.05) is 93.0 Å². The molecule has 1 atom stereocenters. The molecule has 0 radical (unpaired) electrons. The normalized spacial score (nSPS) is 13.7. The van der Waals surface area contributed by atoms with Crippen LogP contribution in [0.5, 0.6) is 5.75 Å². The van der Waals surface area contributed by atoms with Gasteiger partial charge in [-0.05, 0) is 55.6 Å². The number of anilines is 1. The van der Waals surface area contributed by atoms with Crippen molar-refractivity contribution in [2.45, 2.75) is 12.6 Å². The summed E-state index contributed by atoms with van der Waals surface area (Å²) in [5, 5.41) is 2.97. The summed E-state index contributed by atoms with van der Waals surface area (Å²) in [6, 6.07) is 23.5. The molecular weight excluding hydrogens is 402 g/mol. The second kappa shape index (κ2) is 9.66. The topological polar surface area (TPSA) is 61.9 Å². The van der Waals surface area contributed by atoms with Crippen LogP contribution in [-0.2, 0) is 11.3 Å². The summed E-state index contributed by atoms with van der Waals surface area (Å²) in [7, 11) is 3.99. The predicted molar refractivity (Wildman–Crippen MR) is 125 cm³/mol. The van der Waals surface area contributed by atoms with Gasteiger partial charge in [0.1, 0.15) is 18.4 Å². The van der Waals surface area contributed by atoms with Gasteiger partial charge in [0.25, 0.3) is 11.8 Å². The molecule has 6 heteroatoms. The van der Waals surface area contributed by atoms with Crippen LogP contribution in [0.15, 0.2) is 78.9 Å². The lowest BCUT2D eigenvalue weighted by molar-refractivity contribution is -0.120. The van der Waals surface area contributed by atoms with Crippen molar-refractivity contribution in [1.29, 1.82) is 0 Å². The summed E-state index contributed by atoms with van der Waals surface area (Å²) in [6.45, 7) is 1.82. The van der Waals surface area contributed by atoms with E-state index in [1.165, 1.54) is 0 Å². The Kier molecular flexibility index (Phi) is 6.52. The van der Waals surface area contributed by atoms with Crippen LogP contribution in [0.1, 0.15) is 27.5 Å². The summed E-state index contributed by atoms with van der Waals surface area (Å²) >= 11 is 0. The lowest BCUT2D eigenvalue weighted by atomic mass is 10.0. The van der Waals surface area contributed by atoms with E-state index in [9.17, 15) is 9.59 Å². The first-order valence-electron chi connectivity index (χ1n) is 10.7. The molecule has 0 saturated heterocycles. The van der Waals surface area contributed by atoms with Crippen LogP contribution >= 0.6 is 0 Å². The number of amides is 2. The van der Waals surface area contributed by atoms with E-state index in [4.69, 9.17) is 4.74 Å². The number of hydrogen-bond donors (Lipinski definition) is 1. The molecule has 1 N–H and O–H groups in total. The van der Waals surface area contributed by atoms with Crippen molar-refractivity contribution >= 4 is 17.5 Å². The Morgan fingerprint density at radius 1 is 1.00 bits per heavy atom. The zero-order valence-electron chi connectivity index (χ0n) is 18.3. The third kappa shape index (κ3) is 4.81. The average Bonchev–Trinajstić information content (AvgIpc) is 3.12. The lowest BCUT2D eigenvalue weighted by Crippen LogP contribution is -2.37. The maximum absolute atomic E-state index is 13.4. The maximum Gasteiger partial charge on any atom is 0.255 e. The summed E-state index contributed by atoms with van der Waals surface area (Å²) in [4.78, 5) is 30.2. The van der Waals surface area contributed by atoms with Crippen molar-refractivity contribution < 1.29 is 14.3 Å². The molecule has 1 aliphatic rings. The van der Waals surface area contributed by atoms with Crippen LogP contribution < -0.4 is 10.1 Å². The first-order valence-corrected chi connectivity index (χ1v) is 10.7. The molecule has 3 aromatic carbocycles. The van der Waals surface area contributed by atoms with Gasteiger partial charge in [0.2, 0.25) is 0 Å². The highest BCUT2D eigenvalue weighted by Gasteiger charge is 2.37. The fourth-order valence-electron chi connectivity index (χ4n) is 3.78. The first kappa shape index (κ1) is 21.6. The Labute approximate surface area is 188 Å². The van der Waals surface area contributed by atoms with Gasteiger partial charge in [-0.2, -0.15) is 0 Å². The second-order valence-corrected chi connectivity index (χ2v) is 8.07. The molecule has 1 heterocycles. The number of nitrogens with one attached hydrogen (secondary N) is 1. The molecule has 3 aromatic rings. The number of benzene rings is 3. The molecule has 0 aromatic heterocycles. The predicted octanol–water partition coefficient (Wildman–Crippen LogP) is 3.96. The van der Waals surface area contributed by atoms with Gasteiger partial charge in [-0.1, -0.05) is 48.5 Å². The monoisotopic (exact) mass is 429 g/mol. The Morgan fingerprint density at radius 2 is 1.69 bits per heavy atom. The van der Waals surface area contributed by atoms with E-state index in [-0.39, 0.29) is 11.8 Å². The highest BCUT2D eigenvalue weighted by molar-refractivity contribution is 6.03. The standard InChI is InChI=1S/C26H27N3O3/c1-28(2)16-17-32-22-14-12-21(13-15-22)27-25(30)24(19-8-4-3-5-9-19)29-18-20-10-6-7-11-23(20)26(29)31/h3-15,24H,16-18H2,1-2H3,(H,27,30). The number of carbonyl (C=O) groups is 2. The minimum Gasteiger partial charge on any atom is -0.492 e. The van der Waals surface area contributed by atoms with E-state index >= 15 is 0 Å². The molecule has 1 unspecified atom stereocenters. The minimum atomic E-state index is -0.730. The van der Waals surface area contributed by atoms with Crippen LogP contribution in [0.2, 0.25) is 0 Å². The first-order chi connectivity index (χ1) is 15.5. The molecule has 4 rings (SSSR count). The summed E-state index contributed by atoms with van der Waals surface area (Å²) in [5.41, 5.74) is 3.01. The van der Waals surface area contributed by atoms with Gasteiger partial charge in [0.15, 0.2) is 0 Å². The van der Waals surface area contributed by atoms with Gasteiger partial charge in [-0.3, -0.25) is 9.59 Å². The highest BCUT2D eigenvalue weighted by Crippen LogP contribution is 2.32. The summed E-state index contributed by atoms with van der Waals surface area (Å²) < 4.78 is 5.72. The maximum atomic E-state index is 13.4. The largest absolute Gasteiger partial charge is 0.492 e. The Morgan fingerprint density at radius 3 is 2.38 bits per heavy atom. The molecule has 1 aliphatic heterocycles. The van der Waals surface area contributed by atoms with Crippen molar-refractivity contribution in [3.05, 3.63) is 95.6 Å². The third-order valence-corrected chi connectivity index (χ3v) is 5.45. The van der Waals surface area contributed by atoms with E-state index in [0.29, 0.717) is 24.4 Å². The molecule has 2 amide bonds. The van der Waals surface area contributed by atoms with Crippen LogP contribution in [0.3, 0.4) is 0 Å². The van der Waals surface area contributed by atoms with Crippen LogP contribution in [0.25, 0.3) is 0 Å². The van der Waals surface area contributed by atoms with Crippen molar-refractivity contribution in [2.75, 3.05) is 32.6 Å². The molecule has 0 bridgehead atoms. The minimum absolute atomic E-state index is 0.130. The smallest absolute Gasteiger partial charge is 0.255 e. The van der Waals surface area contributed by atoms with E-state index in [1.54, 1.807) is 4.90 Å². The Bertz CT molecular complexity index is 1080. The van der Waals surface area contributed by atoms with Crippen molar-refractivity contribution in [3.63, 3.8) is 0 Å². The van der Waals surface area contributed by atoms with Gasteiger partial charge >= 0.3 is 0 Å². The molecule has 0 saturated carbocycles. The molecule has 0 spiro atoms. The van der Waals surface area contributed by atoms with Gasteiger partial charge in [0.05, 0.1) is 0 Å². The van der Waals surface area contributed by atoms with E-state index < -0.39 is 6.04 Å². The Balaban J connectivity index is 1.51. The number of hydrogen-bond acceptors (Lipinski definition) is 4. The third-order valence-electron chi connectivity index (χ3n) is 5.45. The summed E-state index contributed by atoms with van der Waals surface area (Å²) in [5.74, 6) is 0.363. The lowest BCUT2D eigenvalue weighted by Gasteiger charge is -2.27. The molecule has 6 nitrogen and oxygen atoms in total.